The van der Waals surface area contributed by atoms with E-state index in [-0.39, 0.29) is 11.9 Å². The molecule has 1 saturated heterocycles. The smallest absolute Gasteiger partial charge is 0.321 e. The minimum Gasteiger partial charge on any atom is -0.496 e. The third-order valence-electron chi connectivity index (χ3n) is 5.31. The van der Waals surface area contributed by atoms with Crippen LogP contribution in [0.4, 0.5) is 10.5 Å². The number of carbonyl (C=O) groups is 2. The van der Waals surface area contributed by atoms with Crippen LogP contribution in [-0.4, -0.2) is 43.6 Å². The van der Waals surface area contributed by atoms with Gasteiger partial charge in [0.1, 0.15) is 5.75 Å². The molecule has 154 valence electrons. The first-order valence-corrected chi connectivity index (χ1v) is 10.2. The molecular formula is C23H29N3O3. The number of ether oxygens (including phenoxy) is 1. The zero-order chi connectivity index (χ0) is 20.5. The van der Waals surface area contributed by atoms with E-state index in [0.29, 0.717) is 32.0 Å². The highest BCUT2D eigenvalue weighted by atomic mass is 16.5. The molecule has 3 rings (SSSR count). The van der Waals surface area contributed by atoms with E-state index in [1.54, 1.807) is 7.11 Å². The van der Waals surface area contributed by atoms with E-state index in [1.807, 2.05) is 59.5 Å². The highest BCUT2D eigenvalue weighted by Gasteiger charge is 2.24. The lowest BCUT2D eigenvalue weighted by Crippen LogP contribution is -2.42. The van der Waals surface area contributed by atoms with E-state index >= 15 is 0 Å². The molecule has 0 atom stereocenters. The Morgan fingerprint density at radius 3 is 2.45 bits per heavy atom. The molecule has 0 bridgehead atoms. The molecule has 0 aliphatic carbocycles. The van der Waals surface area contributed by atoms with Gasteiger partial charge in [-0.05, 0) is 48.9 Å². The van der Waals surface area contributed by atoms with Crippen molar-refractivity contribution >= 4 is 17.6 Å². The first-order chi connectivity index (χ1) is 14.2. The Bertz CT molecular complexity index is 802. The van der Waals surface area contributed by atoms with Crippen LogP contribution < -0.4 is 15.4 Å². The number of methoxy groups -OCH3 is 1. The van der Waals surface area contributed by atoms with E-state index in [4.69, 9.17) is 4.74 Å². The summed E-state index contributed by atoms with van der Waals surface area (Å²) < 4.78 is 5.34. The minimum atomic E-state index is -0.0732. The Morgan fingerprint density at radius 1 is 1.03 bits per heavy atom. The summed E-state index contributed by atoms with van der Waals surface area (Å²) in [7, 11) is 1.66. The predicted molar refractivity (Wildman–Crippen MR) is 114 cm³/mol. The fraction of sp³-hybridized carbons (Fsp3) is 0.391. The molecule has 6 heteroatoms. The Hall–Kier alpha value is -3.02. The maximum Gasteiger partial charge on any atom is 0.321 e. The molecule has 1 fully saturated rings. The largest absolute Gasteiger partial charge is 0.496 e. The van der Waals surface area contributed by atoms with Crippen molar-refractivity contribution in [3.63, 3.8) is 0 Å². The van der Waals surface area contributed by atoms with Crippen molar-refractivity contribution in [2.24, 2.45) is 5.92 Å². The van der Waals surface area contributed by atoms with Gasteiger partial charge in [0, 0.05) is 31.7 Å². The number of hydrogen-bond acceptors (Lipinski definition) is 3. The van der Waals surface area contributed by atoms with Gasteiger partial charge >= 0.3 is 6.03 Å². The molecule has 29 heavy (non-hydrogen) atoms. The number of nitrogens with zero attached hydrogens (tertiary/aromatic N) is 1. The van der Waals surface area contributed by atoms with E-state index in [9.17, 15) is 9.59 Å². The normalized spacial score (nSPS) is 14.3. The molecular weight excluding hydrogens is 366 g/mol. The topological polar surface area (TPSA) is 70.7 Å². The lowest BCUT2D eigenvalue weighted by molar-refractivity contribution is -0.122. The standard InChI is InChI=1S/C23H29N3O3/c1-29-21-10-6-5-7-19(21)11-14-24-22(27)17-18-12-15-26(16-13-18)23(28)25-20-8-3-2-4-9-20/h2-10,18H,11-17H2,1H3,(H,24,27)(H,25,28). The predicted octanol–water partition coefficient (Wildman–Crippen LogP) is 3.69. The van der Waals surface area contributed by atoms with Gasteiger partial charge in [-0.25, -0.2) is 4.79 Å². The van der Waals surface area contributed by atoms with Crippen LogP contribution in [0.5, 0.6) is 5.75 Å². The van der Waals surface area contributed by atoms with Crippen molar-refractivity contribution < 1.29 is 14.3 Å². The van der Waals surface area contributed by atoms with E-state index < -0.39 is 0 Å². The van der Waals surface area contributed by atoms with Gasteiger partial charge in [-0.2, -0.15) is 0 Å². The van der Waals surface area contributed by atoms with Gasteiger partial charge in [-0.1, -0.05) is 36.4 Å². The van der Waals surface area contributed by atoms with Gasteiger partial charge in [0.2, 0.25) is 5.91 Å². The van der Waals surface area contributed by atoms with Crippen LogP contribution in [-0.2, 0) is 11.2 Å². The van der Waals surface area contributed by atoms with E-state index in [2.05, 4.69) is 10.6 Å². The van der Waals surface area contributed by atoms with E-state index in [0.717, 1.165) is 36.3 Å². The first-order valence-electron chi connectivity index (χ1n) is 10.2. The zero-order valence-corrected chi connectivity index (χ0v) is 16.9. The fourth-order valence-corrected chi connectivity index (χ4v) is 3.64. The average molecular weight is 396 g/mol. The van der Waals surface area contributed by atoms with Gasteiger partial charge in [-0.15, -0.1) is 0 Å². The lowest BCUT2D eigenvalue weighted by Gasteiger charge is -2.31. The molecule has 2 aromatic rings. The number of rotatable bonds is 7. The lowest BCUT2D eigenvalue weighted by atomic mass is 9.93. The van der Waals surface area contributed by atoms with Crippen LogP contribution in [0.3, 0.4) is 0 Å². The van der Waals surface area contributed by atoms with Crippen LogP contribution >= 0.6 is 0 Å². The monoisotopic (exact) mass is 395 g/mol. The number of benzene rings is 2. The second-order valence-electron chi connectivity index (χ2n) is 7.34. The SMILES string of the molecule is COc1ccccc1CCNC(=O)CC1CCN(C(=O)Nc2ccccc2)CC1. The maximum atomic E-state index is 12.4. The van der Waals surface area contributed by atoms with Gasteiger partial charge in [0.05, 0.1) is 7.11 Å². The summed E-state index contributed by atoms with van der Waals surface area (Å²) in [6.07, 6.45) is 2.96. The second-order valence-corrected chi connectivity index (χ2v) is 7.34. The minimum absolute atomic E-state index is 0.0732. The van der Waals surface area contributed by atoms with Crippen LogP contribution in [0, 0.1) is 5.92 Å². The molecule has 2 N–H and O–H groups in total. The molecule has 0 radical (unpaired) electrons. The summed E-state index contributed by atoms with van der Waals surface area (Å²) in [5.74, 6) is 1.25. The van der Waals surface area contributed by atoms with Crippen molar-refractivity contribution in [2.45, 2.75) is 25.7 Å². The number of likely N-dealkylation sites (tertiary alicyclic amines) is 1. The van der Waals surface area contributed by atoms with Crippen LogP contribution in [0.1, 0.15) is 24.8 Å². The first kappa shape index (κ1) is 20.7. The average Bonchev–Trinajstić information content (AvgIpc) is 2.75. The number of hydrogen-bond donors (Lipinski definition) is 2. The number of anilines is 1. The summed E-state index contributed by atoms with van der Waals surface area (Å²) in [6, 6.07) is 17.2. The summed E-state index contributed by atoms with van der Waals surface area (Å²) >= 11 is 0. The van der Waals surface area contributed by atoms with Gasteiger partial charge < -0.3 is 20.3 Å². The Kier molecular flexibility index (Phi) is 7.50. The molecule has 0 aromatic heterocycles. The maximum absolute atomic E-state index is 12.4. The number of urea groups is 1. The zero-order valence-electron chi connectivity index (χ0n) is 16.9. The Balaban J connectivity index is 1.35. The van der Waals surface area contributed by atoms with Crippen LogP contribution in [0.2, 0.25) is 0 Å². The third kappa shape index (κ3) is 6.24. The van der Waals surface area contributed by atoms with Crippen LogP contribution in [0.25, 0.3) is 0 Å². The number of para-hydroxylation sites is 2. The molecule has 0 saturated carbocycles. The summed E-state index contributed by atoms with van der Waals surface area (Å²) in [4.78, 5) is 26.4. The molecule has 0 spiro atoms. The molecule has 3 amide bonds. The molecule has 1 aliphatic rings. The second kappa shape index (κ2) is 10.5. The van der Waals surface area contributed by atoms with Gasteiger partial charge in [0.15, 0.2) is 0 Å². The number of piperidine rings is 1. The van der Waals surface area contributed by atoms with Crippen molar-refractivity contribution in [1.29, 1.82) is 0 Å². The van der Waals surface area contributed by atoms with Crippen molar-refractivity contribution in [1.82, 2.24) is 10.2 Å². The Morgan fingerprint density at radius 2 is 1.72 bits per heavy atom. The van der Waals surface area contributed by atoms with Crippen LogP contribution in [0.15, 0.2) is 54.6 Å². The highest BCUT2D eigenvalue weighted by Crippen LogP contribution is 2.21. The Labute approximate surface area is 172 Å². The third-order valence-corrected chi connectivity index (χ3v) is 5.31. The number of carbonyl (C=O) groups excluding carboxylic acids is 2. The quantitative estimate of drug-likeness (QED) is 0.751. The summed E-state index contributed by atoms with van der Waals surface area (Å²) in [5.41, 5.74) is 1.89. The summed E-state index contributed by atoms with van der Waals surface area (Å²) in [5, 5.41) is 5.93. The summed E-state index contributed by atoms with van der Waals surface area (Å²) in [6.45, 7) is 1.95. The van der Waals surface area contributed by atoms with Crippen molar-refractivity contribution in [2.75, 3.05) is 32.1 Å². The van der Waals surface area contributed by atoms with Gasteiger partial charge in [-0.3, -0.25) is 4.79 Å². The number of amides is 3. The molecule has 1 aliphatic heterocycles. The van der Waals surface area contributed by atoms with Crippen molar-refractivity contribution in [3.8, 4) is 5.75 Å². The molecule has 2 aromatic carbocycles. The molecule has 1 heterocycles. The molecule has 0 unspecified atom stereocenters. The number of nitrogens with one attached hydrogen (secondary N) is 2. The molecule has 6 nitrogen and oxygen atoms in total. The fourth-order valence-electron chi connectivity index (χ4n) is 3.64. The van der Waals surface area contributed by atoms with Gasteiger partial charge in [0.25, 0.3) is 0 Å². The van der Waals surface area contributed by atoms with E-state index in [1.165, 1.54) is 0 Å². The highest BCUT2D eigenvalue weighted by molar-refractivity contribution is 5.89. The van der Waals surface area contributed by atoms with Crippen molar-refractivity contribution in [3.05, 3.63) is 60.2 Å².